The van der Waals surface area contributed by atoms with Gasteiger partial charge in [-0.2, -0.15) is 4.98 Å². The van der Waals surface area contributed by atoms with Crippen molar-refractivity contribution >= 4 is 6.01 Å². The van der Waals surface area contributed by atoms with Crippen molar-refractivity contribution in [3.63, 3.8) is 0 Å². The molecule has 1 saturated carbocycles. The summed E-state index contributed by atoms with van der Waals surface area (Å²) in [6.45, 7) is 3.52. The van der Waals surface area contributed by atoms with Crippen LogP contribution in [0.25, 0.3) is 0 Å². The number of aliphatic hydroxyl groups is 1. The van der Waals surface area contributed by atoms with Gasteiger partial charge in [0.2, 0.25) is 0 Å². The van der Waals surface area contributed by atoms with Crippen LogP contribution in [0.5, 0.6) is 0 Å². The molecule has 0 bridgehead atoms. The van der Waals surface area contributed by atoms with E-state index in [0.717, 1.165) is 12.5 Å². The van der Waals surface area contributed by atoms with Gasteiger partial charge in [-0.25, -0.2) is 0 Å². The van der Waals surface area contributed by atoms with Gasteiger partial charge in [0.25, 0.3) is 6.01 Å². The molecule has 1 aromatic heterocycles. The summed E-state index contributed by atoms with van der Waals surface area (Å²) in [7, 11) is 1.69. The molecule has 0 saturated heterocycles. The third-order valence-corrected chi connectivity index (χ3v) is 3.28. The molecule has 1 aromatic rings. The number of hydrogen-bond acceptors (Lipinski definition) is 5. The second-order valence-electron chi connectivity index (χ2n) is 4.54. The van der Waals surface area contributed by atoms with Crippen molar-refractivity contribution in [2.45, 2.75) is 32.4 Å². The van der Waals surface area contributed by atoms with E-state index in [1.54, 1.807) is 7.11 Å². The van der Waals surface area contributed by atoms with Gasteiger partial charge in [0, 0.05) is 19.7 Å². The Kier molecular flexibility index (Phi) is 4.02. The van der Waals surface area contributed by atoms with E-state index >= 15 is 0 Å². The highest BCUT2D eigenvalue weighted by molar-refractivity contribution is 5.29. The Morgan fingerprint density at radius 3 is 2.94 bits per heavy atom. The lowest BCUT2D eigenvalue weighted by Gasteiger charge is -2.27. The van der Waals surface area contributed by atoms with Crippen LogP contribution in [-0.4, -0.2) is 36.4 Å². The minimum Gasteiger partial charge on any atom is -0.432 e. The Morgan fingerprint density at radius 2 is 2.41 bits per heavy atom. The van der Waals surface area contributed by atoms with Crippen LogP contribution in [0.2, 0.25) is 0 Å². The summed E-state index contributed by atoms with van der Waals surface area (Å²) in [4.78, 5) is 6.39. The lowest BCUT2D eigenvalue weighted by atomic mass is 10.2. The fraction of sp³-hybridized carbons (Fsp3) is 0.750. The van der Waals surface area contributed by atoms with E-state index in [1.165, 1.54) is 19.1 Å². The molecule has 5 heteroatoms. The average Bonchev–Trinajstić information content (AvgIpc) is 3.09. The molecule has 1 aliphatic carbocycles. The Hall–Kier alpha value is -1.07. The van der Waals surface area contributed by atoms with E-state index in [9.17, 15) is 0 Å². The van der Waals surface area contributed by atoms with Crippen molar-refractivity contribution in [3.05, 3.63) is 12.0 Å². The maximum atomic E-state index is 9.00. The molecule has 17 heavy (non-hydrogen) atoms. The van der Waals surface area contributed by atoms with Crippen LogP contribution < -0.4 is 4.90 Å². The van der Waals surface area contributed by atoms with Crippen molar-refractivity contribution in [1.29, 1.82) is 0 Å². The minimum atomic E-state index is -0.0839. The first-order valence-electron chi connectivity index (χ1n) is 6.07. The quantitative estimate of drug-likeness (QED) is 0.781. The van der Waals surface area contributed by atoms with Crippen LogP contribution in [0.15, 0.2) is 10.7 Å². The van der Waals surface area contributed by atoms with Crippen LogP contribution in [-0.2, 0) is 11.3 Å². The lowest BCUT2D eigenvalue weighted by Crippen LogP contribution is -2.37. The second kappa shape index (κ2) is 5.51. The second-order valence-corrected chi connectivity index (χ2v) is 4.54. The summed E-state index contributed by atoms with van der Waals surface area (Å²) in [6, 6.07) is 1.00. The van der Waals surface area contributed by atoms with Crippen molar-refractivity contribution in [2.24, 2.45) is 5.92 Å². The SMILES string of the molecule is COCCN(c1nc(CO)co1)C(C)C1CC1. The summed E-state index contributed by atoms with van der Waals surface area (Å²) in [5.74, 6) is 0.733. The normalized spacial score (nSPS) is 17.1. The lowest BCUT2D eigenvalue weighted by molar-refractivity contribution is 0.201. The molecule has 1 fully saturated rings. The van der Waals surface area contributed by atoms with Gasteiger partial charge in [0.1, 0.15) is 12.0 Å². The van der Waals surface area contributed by atoms with Crippen molar-refractivity contribution in [2.75, 3.05) is 25.2 Å². The Balaban J connectivity index is 2.07. The van der Waals surface area contributed by atoms with Crippen molar-refractivity contribution in [3.8, 4) is 0 Å². The Bertz CT molecular complexity index is 349. The molecule has 1 aliphatic rings. The van der Waals surface area contributed by atoms with E-state index in [1.807, 2.05) is 0 Å². The maximum Gasteiger partial charge on any atom is 0.297 e. The first kappa shape index (κ1) is 12.4. The minimum absolute atomic E-state index is 0.0839. The highest BCUT2D eigenvalue weighted by Crippen LogP contribution is 2.36. The number of anilines is 1. The molecule has 0 radical (unpaired) electrons. The van der Waals surface area contributed by atoms with Crippen molar-refractivity contribution in [1.82, 2.24) is 4.98 Å². The number of nitrogens with zero attached hydrogens (tertiary/aromatic N) is 2. The predicted octanol–water partition coefficient (Wildman–Crippen LogP) is 1.42. The van der Waals surface area contributed by atoms with E-state index in [-0.39, 0.29) is 6.61 Å². The molecular weight excluding hydrogens is 220 g/mol. The predicted molar refractivity (Wildman–Crippen MR) is 63.8 cm³/mol. The third-order valence-electron chi connectivity index (χ3n) is 3.28. The summed E-state index contributed by atoms with van der Waals surface area (Å²) >= 11 is 0. The molecule has 0 aromatic carbocycles. The monoisotopic (exact) mass is 240 g/mol. The molecule has 2 rings (SSSR count). The highest BCUT2D eigenvalue weighted by atomic mass is 16.5. The maximum absolute atomic E-state index is 9.00. The highest BCUT2D eigenvalue weighted by Gasteiger charge is 2.33. The van der Waals surface area contributed by atoms with E-state index < -0.39 is 0 Å². The first-order chi connectivity index (χ1) is 8.26. The zero-order chi connectivity index (χ0) is 12.3. The van der Waals surface area contributed by atoms with Gasteiger partial charge in [-0.15, -0.1) is 0 Å². The van der Waals surface area contributed by atoms with Gasteiger partial charge in [-0.1, -0.05) is 0 Å². The largest absolute Gasteiger partial charge is 0.432 e. The molecular formula is C12H20N2O3. The summed E-state index contributed by atoms with van der Waals surface area (Å²) in [5.41, 5.74) is 0.574. The topological polar surface area (TPSA) is 58.7 Å². The molecule has 96 valence electrons. The summed E-state index contributed by atoms with van der Waals surface area (Å²) < 4.78 is 10.5. The Morgan fingerprint density at radius 1 is 1.65 bits per heavy atom. The number of aliphatic hydroxyl groups excluding tert-OH is 1. The van der Waals surface area contributed by atoms with E-state index in [2.05, 4.69) is 16.8 Å². The van der Waals surface area contributed by atoms with Crippen LogP contribution in [0, 0.1) is 5.92 Å². The molecule has 1 heterocycles. The zero-order valence-electron chi connectivity index (χ0n) is 10.4. The van der Waals surface area contributed by atoms with Crippen LogP contribution in [0.1, 0.15) is 25.5 Å². The average molecular weight is 240 g/mol. The number of methoxy groups -OCH3 is 1. The first-order valence-corrected chi connectivity index (χ1v) is 6.07. The number of oxazole rings is 1. The van der Waals surface area contributed by atoms with Gasteiger partial charge in [-0.3, -0.25) is 0 Å². The fourth-order valence-electron chi connectivity index (χ4n) is 2.00. The van der Waals surface area contributed by atoms with Crippen molar-refractivity contribution < 1.29 is 14.3 Å². The van der Waals surface area contributed by atoms with Gasteiger partial charge < -0.3 is 19.2 Å². The van der Waals surface area contributed by atoms with Crippen LogP contribution in [0.4, 0.5) is 6.01 Å². The molecule has 0 spiro atoms. The molecule has 1 atom stereocenters. The standard InChI is InChI=1S/C12H20N2O3/c1-9(10-3-4-10)14(5-6-16-2)12-13-11(7-15)8-17-12/h8-10,15H,3-7H2,1-2H3. The van der Waals surface area contributed by atoms with Gasteiger partial charge >= 0.3 is 0 Å². The molecule has 1 unspecified atom stereocenters. The van der Waals surface area contributed by atoms with Crippen LogP contribution >= 0.6 is 0 Å². The molecule has 5 nitrogen and oxygen atoms in total. The molecule has 0 aliphatic heterocycles. The number of aromatic nitrogens is 1. The van der Waals surface area contributed by atoms with Gasteiger partial charge in [0.05, 0.1) is 13.2 Å². The van der Waals surface area contributed by atoms with E-state index in [0.29, 0.717) is 24.4 Å². The number of ether oxygens (including phenoxy) is 1. The Labute approximate surface area is 101 Å². The van der Waals surface area contributed by atoms with Crippen LogP contribution in [0.3, 0.4) is 0 Å². The third kappa shape index (κ3) is 2.98. The molecule has 0 amide bonds. The van der Waals surface area contributed by atoms with Gasteiger partial charge in [-0.05, 0) is 25.7 Å². The number of hydrogen-bond donors (Lipinski definition) is 1. The number of rotatable bonds is 7. The summed E-state index contributed by atoms with van der Waals surface area (Å²) in [6.07, 6.45) is 4.06. The van der Waals surface area contributed by atoms with E-state index in [4.69, 9.17) is 14.3 Å². The zero-order valence-corrected chi connectivity index (χ0v) is 10.4. The molecule has 1 N–H and O–H groups in total. The summed E-state index contributed by atoms with van der Waals surface area (Å²) in [5, 5.41) is 9.00. The van der Waals surface area contributed by atoms with Gasteiger partial charge in [0.15, 0.2) is 0 Å². The fourth-order valence-corrected chi connectivity index (χ4v) is 2.00. The smallest absolute Gasteiger partial charge is 0.297 e.